The van der Waals surface area contributed by atoms with Crippen molar-refractivity contribution in [2.45, 2.75) is 51.1 Å². The monoisotopic (exact) mass is 569 g/mol. The zero-order valence-electron chi connectivity index (χ0n) is 23.0. The molecule has 0 heterocycles. The van der Waals surface area contributed by atoms with Crippen LogP contribution in [0.2, 0.25) is 0 Å². The third-order valence-electron chi connectivity index (χ3n) is 6.31. The number of nitrogens with one attached hydrogen (secondary N) is 1. The van der Waals surface area contributed by atoms with Crippen LogP contribution in [0.5, 0.6) is 5.75 Å². The van der Waals surface area contributed by atoms with Crippen molar-refractivity contribution in [2.24, 2.45) is 0 Å². The number of amides is 2. The molecule has 40 heavy (non-hydrogen) atoms. The number of halogens is 1. The highest BCUT2D eigenvalue weighted by atomic mass is 32.2. The molecule has 1 unspecified atom stereocenters. The van der Waals surface area contributed by atoms with E-state index in [4.69, 9.17) is 4.74 Å². The molecule has 0 saturated carbocycles. The molecule has 0 aliphatic carbocycles. The number of benzene rings is 3. The predicted octanol–water partition coefficient (Wildman–Crippen LogP) is 4.75. The number of ether oxygens (including phenoxy) is 1. The molecule has 10 heteroatoms. The van der Waals surface area contributed by atoms with Crippen LogP contribution in [0.3, 0.4) is 0 Å². The summed E-state index contributed by atoms with van der Waals surface area (Å²) >= 11 is 0. The van der Waals surface area contributed by atoms with Gasteiger partial charge in [-0.15, -0.1) is 0 Å². The first-order valence-electron chi connectivity index (χ1n) is 13.3. The van der Waals surface area contributed by atoms with E-state index >= 15 is 0 Å². The van der Waals surface area contributed by atoms with E-state index in [1.165, 1.54) is 4.90 Å². The standard InChI is InChI=1S/C30H36FN3O5S/c1-4-6-20-32-30(36)23(3)33(21-24-10-8-7-9-11-24)29(35)22-34(26-14-16-27(17-15-26)39-5-2)40(37,38)28-18-12-25(31)13-19-28/h7-19,23H,4-6,20-22H2,1-3H3,(H,32,36). The van der Waals surface area contributed by atoms with Crippen LogP contribution in [0.4, 0.5) is 10.1 Å². The lowest BCUT2D eigenvalue weighted by molar-refractivity contribution is -0.139. The number of sulfonamides is 1. The second-order valence-corrected chi connectivity index (χ2v) is 11.1. The highest BCUT2D eigenvalue weighted by Gasteiger charge is 2.32. The first kappa shape index (κ1) is 30.6. The van der Waals surface area contributed by atoms with E-state index in [2.05, 4.69) is 5.32 Å². The number of carbonyl (C=O) groups excluding carboxylic acids is 2. The van der Waals surface area contributed by atoms with Gasteiger partial charge in [-0.1, -0.05) is 43.7 Å². The van der Waals surface area contributed by atoms with Crippen LogP contribution in [0.15, 0.2) is 83.8 Å². The van der Waals surface area contributed by atoms with Crippen LogP contribution < -0.4 is 14.4 Å². The maximum atomic E-state index is 13.9. The van der Waals surface area contributed by atoms with Crippen molar-refractivity contribution in [1.82, 2.24) is 10.2 Å². The molecule has 214 valence electrons. The summed E-state index contributed by atoms with van der Waals surface area (Å²) in [5.74, 6) is -0.937. The summed E-state index contributed by atoms with van der Waals surface area (Å²) in [5.41, 5.74) is 1.01. The summed E-state index contributed by atoms with van der Waals surface area (Å²) in [6, 6.07) is 19.0. The Hall–Kier alpha value is -3.92. The van der Waals surface area contributed by atoms with Crippen LogP contribution in [-0.4, -0.2) is 50.9 Å². The topological polar surface area (TPSA) is 96.0 Å². The van der Waals surface area contributed by atoms with E-state index in [0.29, 0.717) is 18.9 Å². The molecule has 3 aromatic carbocycles. The number of anilines is 1. The molecular formula is C30H36FN3O5S. The summed E-state index contributed by atoms with van der Waals surface area (Å²) in [6.45, 7) is 5.91. The van der Waals surface area contributed by atoms with Gasteiger partial charge in [0, 0.05) is 13.1 Å². The Balaban J connectivity index is 1.99. The van der Waals surface area contributed by atoms with Crippen LogP contribution in [-0.2, 0) is 26.2 Å². The number of nitrogens with zero attached hydrogens (tertiary/aromatic N) is 2. The fourth-order valence-electron chi connectivity index (χ4n) is 4.04. The molecule has 0 saturated heterocycles. The predicted molar refractivity (Wildman–Crippen MR) is 153 cm³/mol. The van der Waals surface area contributed by atoms with Gasteiger partial charge in [0.2, 0.25) is 11.8 Å². The molecule has 0 fully saturated rings. The van der Waals surface area contributed by atoms with Crippen molar-refractivity contribution >= 4 is 27.5 Å². The van der Waals surface area contributed by atoms with E-state index in [-0.39, 0.29) is 23.0 Å². The van der Waals surface area contributed by atoms with Gasteiger partial charge < -0.3 is 15.0 Å². The molecule has 2 amide bonds. The lowest BCUT2D eigenvalue weighted by Crippen LogP contribution is -2.51. The molecule has 0 bridgehead atoms. The maximum absolute atomic E-state index is 13.9. The SMILES string of the molecule is CCCCNC(=O)C(C)N(Cc1ccccc1)C(=O)CN(c1ccc(OCC)cc1)S(=O)(=O)c1ccc(F)cc1. The van der Waals surface area contributed by atoms with E-state index in [0.717, 1.165) is 47.0 Å². The summed E-state index contributed by atoms with van der Waals surface area (Å²) in [5, 5.41) is 2.85. The summed E-state index contributed by atoms with van der Waals surface area (Å²) < 4.78 is 47.6. The van der Waals surface area contributed by atoms with E-state index < -0.39 is 34.3 Å². The second-order valence-electron chi connectivity index (χ2n) is 9.22. The lowest BCUT2D eigenvalue weighted by Gasteiger charge is -2.32. The van der Waals surface area contributed by atoms with Gasteiger partial charge in [-0.2, -0.15) is 0 Å². The van der Waals surface area contributed by atoms with Gasteiger partial charge >= 0.3 is 0 Å². The number of hydrogen-bond donors (Lipinski definition) is 1. The maximum Gasteiger partial charge on any atom is 0.264 e. The average molecular weight is 570 g/mol. The van der Waals surface area contributed by atoms with Gasteiger partial charge in [-0.25, -0.2) is 12.8 Å². The Bertz CT molecular complexity index is 1350. The molecule has 0 aliphatic rings. The zero-order valence-corrected chi connectivity index (χ0v) is 23.9. The molecule has 0 aromatic heterocycles. The third-order valence-corrected chi connectivity index (χ3v) is 8.10. The first-order chi connectivity index (χ1) is 19.2. The smallest absolute Gasteiger partial charge is 0.264 e. The highest BCUT2D eigenvalue weighted by Crippen LogP contribution is 2.27. The Morgan fingerprint density at radius 3 is 2.20 bits per heavy atom. The Morgan fingerprint density at radius 1 is 0.950 bits per heavy atom. The Kier molecular flexibility index (Phi) is 11.1. The number of unbranched alkanes of at least 4 members (excludes halogenated alkanes) is 1. The molecule has 8 nitrogen and oxygen atoms in total. The molecular weight excluding hydrogens is 533 g/mol. The molecule has 3 aromatic rings. The zero-order chi connectivity index (χ0) is 29.1. The lowest BCUT2D eigenvalue weighted by atomic mass is 10.1. The molecule has 0 aliphatic heterocycles. The quantitative estimate of drug-likeness (QED) is 0.283. The first-order valence-corrected chi connectivity index (χ1v) is 14.7. The van der Waals surface area contributed by atoms with Crippen LogP contribution in [0.1, 0.15) is 39.2 Å². The fraction of sp³-hybridized carbons (Fsp3) is 0.333. The summed E-state index contributed by atoms with van der Waals surface area (Å²) in [4.78, 5) is 28.0. The fourth-order valence-corrected chi connectivity index (χ4v) is 5.45. The summed E-state index contributed by atoms with van der Waals surface area (Å²) in [6.07, 6.45) is 1.70. The minimum atomic E-state index is -4.28. The van der Waals surface area contributed by atoms with Gasteiger partial charge in [-0.05, 0) is 74.4 Å². The minimum absolute atomic E-state index is 0.107. The van der Waals surface area contributed by atoms with Gasteiger partial charge in [0.1, 0.15) is 24.2 Å². The second kappa shape index (κ2) is 14.5. The van der Waals surface area contributed by atoms with Crippen LogP contribution in [0.25, 0.3) is 0 Å². The summed E-state index contributed by atoms with van der Waals surface area (Å²) in [7, 11) is -4.28. The van der Waals surface area contributed by atoms with Crippen LogP contribution >= 0.6 is 0 Å². The Labute approximate surface area is 235 Å². The van der Waals surface area contributed by atoms with Crippen molar-refractivity contribution in [1.29, 1.82) is 0 Å². The van der Waals surface area contributed by atoms with Crippen molar-refractivity contribution in [3.63, 3.8) is 0 Å². The van der Waals surface area contributed by atoms with Crippen molar-refractivity contribution in [3.8, 4) is 5.75 Å². The number of rotatable bonds is 14. The molecule has 3 rings (SSSR count). The van der Waals surface area contributed by atoms with Crippen molar-refractivity contribution in [3.05, 3.63) is 90.2 Å². The van der Waals surface area contributed by atoms with E-state index in [9.17, 15) is 22.4 Å². The van der Waals surface area contributed by atoms with Gasteiger partial charge in [-0.3, -0.25) is 13.9 Å². The number of hydrogen-bond acceptors (Lipinski definition) is 5. The highest BCUT2D eigenvalue weighted by molar-refractivity contribution is 7.92. The van der Waals surface area contributed by atoms with Gasteiger partial charge in [0.25, 0.3) is 10.0 Å². The van der Waals surface area contributed by atoms with Crippen molar-refractivity contribution < 1.29 is 27.1 Å². The average Bonchev–Trinajstić information content (AvgIpc) is 2.95. The van der Waals surface area contributed by atoms with Crippen molar-refractivity contribution in [2.75, 3.05) is 24.0 Å². The van der Waals surface area contributed by atoms with E-state index in [1.807, 2.05) is 44.2 Å². The number of carbonyl (C=O) groups is 2. The van der Waals surface area contributed by atoms with Gasteiger partial charge in [0.05, 0.1) is 17.2 Å². The minimum Gasteiger partial charge on any atom is -0.494 e. The Morgan fingerprint density at radius 2 is 1.60 bits per heavy atom. The van der Waals surface area contributed by atoms with Gasteiger partial charge in [0.15, 0.2) is 0 Å². The molecule has 0 spiro atoms. The molecule has 0 radical (unpaired) electrons. The normalized spacial score (nSPS) is 11.9. The van der Waals surface area contributed by atoms with Crippen LogP contribution in [0, 0.1) is 5.82 Å². The third kappa shape index (κ3) is 8.05. The molecule has 1 N–H and O–H groups in total. The largest absolute Gasteiger partial charge is 0.494 e. The molecule has 1 atom stereocenters. The van der Waals surface area contributed by atoms with E-state index in [1.54, 1.807) is 31.2 Å².